The summed E-state index contributed by atoms with van der Waals surface area (Å²) in [6, 6.07) is 19.1. The van der Waals surface area contributed by atoms with Gasteiger partial charge in [-0.05, 0) is 80.8 Å². The van der Waals surface area contributed by atoms with Gasteiger partial charge in [-0.1, -0.05) is 30.3 Å². The van der Waals surface area contributed by atoms with Crippen LogP contribution in [0.5, 0.6) is 5.75 Å². The van der Waals surface area contributed by atoms with E-state index in [4.69, 9.17) is 4.74 Å². The number of nitrogens with one attached hydrogen (secondary N) is 2. The summed E-state index contributed by atoms with van der Waals surface area (Å²) in [5.41, 5.74) is 3.76. The number of anilines is 2. The lowest BCUT2D eigenvalue weighted by molar-refractivity contribution is -0.122. The van der Waals surface area contributed by atoms with Gasteiger partial charge in [-0.15, -0.1) is 0 Å². The molecule has 0 saturated carbocycles. The SMILES string of the molecule is Cc1ccc(C)c(NS(=O)(=O)c2ccc(NC(=O)[C@H](C)Oc3ccccc3C)cc2)c1. The molecule has 0 radical (unpaired) electrons. The van der Waals surface area contributed by atoms with Crippen LogP contribution in [0.3, 0.4) is 0 Å². The Labute approximate surface area is 183 Å². The summed E-state index contributed by atoms with van der Waals surface area (Å²) < 4.78 is 33.8. The molecule has 6 nitrogen and oxygen atoms in total. The second kappa shape index (κ2) is 9.22. The van der Waals surface area contributed by atoms with Crippen molar-refractivity contribution in [2.45, 2.75) is 38.7 Å². The molecule has 0 aliphatic heterocycles. The zero-order chi connectivity index (χ0) is 22.6. The highest BCUT2D eigenvalue weighted by atomic mass is 32.2. The Kier molecular flexibility index (Phi) is 6.65. The normalized spacial score (nSPS) is 12.1. The average Bonchev–Trinajstić information content (AvgIpc) is 2.72. The molecular formula is C24H26N2O4S. The van der Waals surface area contributed by atoms with Gasteiger partial charge in [0.1, 0.15) is 5.75 Å². The van der Waals surface area contributed by atoms with Crippen molar-refractivity contribution >= 4 is 27.3 Å². The Balaban J connectivity index is 1.67. The van der Waals surface area contributed by atoms with Crippen LogP contribution in [0, 0.1) is 20.8 Å². The van der Waals surface area contributed by atoms with Crippen LogP contribution in [0.1, 0.15) is 23.6 Å². The second-order valence-corrected chi connectivity index (χ2v) is 9.15. The molecule has 0 fully saturated rings. The number of ether oxygens (including phenoxy) is 1. The molecule has 0 bridgehead atoms. The highest BCUT2D eigenvalue weighted by Crippen LogP contribution is 2.22. The van der Waals surface area contributed by atoms with Crippen LogP contribution in [0.15, 0.2) is 71.6 Å². The first kappa shape index (κ1) is 22.4. The predicted octanol–water partition coefficient (Wildman–Crippen LogP) is 4.82. The smallest absolute Gasteiger partial charge is 0.265 e. The van der Waals surface area contributed by atoms with Crippen molar-refractivity contribution in [1.29, 1.82) is 0 Å². The first-order valence-corrected chi connectivity index (χ1v) is 11.4. The molecule has 31 heavy (non-hydrogen) atoms. The van der Waals surface area contributed by atoms with Gasteiger partial charge in [-0.3, -0.25) is 9.52 Å². The molecule has 3 aromatic rings. The van der Waals surface area contributed by atoms with Crippen LogP contribution in [0.2, 0.25) is 0 Å². The number of rotatable bonds is 7. The summed E-state index contributed by atoms with van der Waals surface area (Å²) in [6.45, 7) is 7.31. The fraction of sp³-hybridized carbons (Fsp3) is 0.208. The van der Waals surface area contributed by atoms with Gasteiger partial charge >= 0.3 is 0 Å². The molecule has 7 heteroatoms. The highest BCUT2D eigenvalue weighted by molar-refractivity contribution is 7.92. The lowest BCUT2D eigenvalue weighted by Crippen LogP contribution is -2.30. The van der Waals surface area contributed by atoms with Gasteiger partial charge in [0.2, 0.25) is 0 Å². The zero-order valence-corrected chi connectivity index (χ0v) is 18.8. The Morgan fingerprint density at radius 2 is 1.58 bits per heavy atom. The fourth-order valence-electron chi connectivity index (χ4n) is 2.94. The number of para-hydroxylation sites is 1. The molecule has 3 rings (SSSR count). The van der Waals surface area contributed by atoms with E-state index in [1.165, 1.54) is 12.1 Å². The van der Waals surface area contributed by atoms with Crippen LogP contribution >= 0.6 is 0 Å². The van der Waals surface area contributed by atoms with Gasteiger partial charge in [-0.25, -0.2) is 8.42 Å². The minimum atomic E-state index is -3.75. The van der Waals surface area contributed by atoms with E-state index in [2.05, 4.69) is 10.0 Å². The van der Waals surface area contributed by atoms with E-state index < -0.39 is 16.1 Å². The van der Waals surface area contributed by atoms with Crippen molar-refractivity contribution in [1.82, 2.24) is 0 Å². The lowest BCUT2D eigenvalue weighted by Gasteiger charge is -2.16. The molecule has 1 amide bonds. The molecule has 0 aromatic heterocycles. The second-order valence-electron chi connectivity index (χ2n) is 7.46. The van der Waals surface area contributed by atoms with Crippen molar-refractivity contribution in [2.75, 3.05) is 10.0 Å². The number of aryl methyl sites for hydroxylation is 3. The van der Waals surface area contributed by atoms with E-state index in [-0.39, 0.29) is 10.8 Å². The van der Waals surface area contributed by atoms with E-state index in [0.717, 1.165) is 16.7 Å². The summed E-state index contributed by atoms with van der Waals surface area (Å²) in [5, 5.41) is 2.75. The minimum Gasteiger partial charge on any atom is -0.481 e. The first-order valence-electron chi connectivity index (χ1n) is 9.89. The maximum Gasteiger partial charge on any atom is 0.265 e. The maximum absolute atomic E-state index is 12.7. The van der Waals surface area contributed by atoms with Gasteiger partial charge in [0.05, 0.1) is 10.6 Å². The van der Waals surface area contributed by atoms with Crippen molar-refractivity contribution in [3.8, 4) is 5.75 Å². The largest absolute Gasteiger partial charge is 0.481 e. The monoisotopic (exact) mass is 438 g/mol. The van der Waals surface area contributed by atoms with Crippen molar-refractivity contribution < 1.29 is 17.9 Å². The Bertz CT molecular complexity index is 1190. The number of carbonyl (C=O) groups is 1. The van der Waals surface area contributed by atoms with E-state index in [1.54, 1.807) is 25.1 Å². The number of sulfonamides is 1. The molecule has 162 valence electrons. The van der Waals surface area contributed by atoms with Gasteiger partial charge in [-0.2, -0.15) is 0 Å². The van der Waals surface area contributed by atoms with Crippen molar-refractivity contribution in [3.05, 3.63) is 83.4 Å². The van der Waals surface area contributed by atoms with Crippen LogP contribution in [-0.2, 0) is 14.8 Å². The lowest BCUT2D eigenvalue weighted by atomic mass is 10.1. The number of hydrogen-bond acceptors (Lipinski definition) is 4. The quantitative estimate of drug-likeness (QED) is 0.554. The van der Waals surface area contributed by atoms with Gasteiger partial charge in [0.15, 0.2) is 6.10 Å². The van der Waals surface area contributed by atoms with E-state index in [9.17, 15) is 13.2 Å². The van der Waals surface area contributed by atoms with Crippen LogP contribution in [0.4, 0.5) is 11.4 Å². The Morgan fingerprint density at radius 1 is 0.903 bits per heavy atom. The molecule has 0 saturated heterocycles. The molecule has 0 aliphatic carbocycles. The highest BCUT2D eigenvalue weighted by Gasteiger charge is 2.18. The molecule has 0 heterocycles. The summed E-state index contributed by atoms with van der Waals surface area (Å²) in [7, 11) is -3.75. The van der Waals surface area contributed by atoms with E-state index >= 15 is 0 Å². The third-order valence-electron chi connectivity index (χ3n) is 4.84. The third-order valence-corrected chi connectivity index (χ3v) is 6.22. The van der Waals surface area contributed by atoms with Crippen LogP contribution in [0.25, 0.3) is 0 Å². The fourth-order valence-corrected chi connectivity index (χ4v) is 4.07. The zero-order valence-electron chi connectivity index (χ0n) is 18.0. The molecule has 2 N–H and O–H groups in total. The molecule has 0 unspecified atom stereocenters. The molecule has 1 atom stereocenters. The number of benzene rings is 3. The summed E-state index contributed by atoms with van der Waals surface area (Å²) >= 11 is 0. The number of hydrogen-bond donors (Lipinski definition) is 2. The molecule has 3 aromatic carbocycles. The van der Waals surface area contributed by atoms with Crippen molar-refractivity contribution in [3.63, 3.8) is 0 Å². The average molecular weight is 439 g/mol. The van der Waals surface area contributed by atoms with Crippen LogP contribution in [-0.4, -0.2) is 20.4 Å². The third kappa shape index (κ3) is 5.64. The summed E-state index contributed by atoms with van der Waals surface area (Å²) in [4.78, 5) is 12.6. The first-order chi connectivity index (χ1) is 14.7. The van der Waals surface area contributed by atoms with Gasteiger partial charge in [0.25, 0.3) is 15.9 Å². The Morgan fingerprint density at radius 3 is 2.26 bits per heavy atom. The van der Waals surface area contributed by atoms with Gasteiger partial charge in [0, 0.05) is 5.69 Å². The number of carbonyl (C=O) groups excluding carboxylic acids is 1. The van der Waals surface area contributed by atoms with Crippen molar-refractivity contribution in [2.24, 2.45) is 0 Å². The van der Waals surface area contributed by atoms with E-state index in [0.29, 0.717) is 17.1 Å². The molecule has 0 spiro atoms. The molecule has 0 aliphatic rings. The maximum atomic E-state index is 12.7. The topological polar surface area (TPSA) is 84.5 Å². The minimum absolute atomic E-state index is 0.107. The molecular weight excluding hydrogens is 412 g/mol. The van der Waals surface area contributed by atoms with Crippen LogP contribution < -0.4 is 14.8 Å². The predicted molar refractivity (Wildman–Crippen MR) is 123 cm³/mol. The summed E-state index contributed by atoms with van der Waals surface area (Å²) in [6.07, 6.45) is -0.713. The van der Waals surface area contributed by atoms with E-state index in [1.807, 2.05) is 57.2 Å². The Hall–Kier alpha value is -3.32. The van der Waals surface area contributed by atoms with Gasteiger partial charge < -0.3 is 10.1 Å². The standard InChI is InChI=1S/C24H26N2O4S/c1-16-9-10-17(2)22(15-16)26-31(28,29)21-13-11-20(12-14-21)25-24(27)19(4)30-23-8-6-5-7-18(23)3/h5-15,19,26H,1-4H3,(H,25,27)/t19-/m0/s1. The summed E-state index contributed by atoms with van der Waals surface area (Å²) in [5.74, 6) is 0.316. The number of amides is 1.